The van der Waals surface area contributed by atoms with Crippen LogP contribution in [0.25, 0.3) is 0 Å². The maximum Gasteiger partial charge on any atom is 0.237 e. The predicted octanol–water partition coefficient (Wildman–Crippen LogP) is 2.74. The molecule has 0 aromatic carbocycles. The van der Waals surface area contributed by atoms with Gasteiger partial charge in [-0.15, -0.1) is 11.3 Å². The molecule has 0 saturated carbocycles. The summed E-state index contributed by atoms with van der Waals surface area (Å²) in [6, 6.07) is 5.73. The first-order chi connectivity index (χ1) is 8.31. The van der Waals surface area contributed by atoms with Crippen molar-refractivity contribution >= 4 is 22.7 Å². The van der Waals surface area contributed by atoms with Crippen molar-refractivity contribution in [3.05, 3.63) is 34.7 Å². The lowest BCUT2D eigenvalue weighted by Gasteiger charge is -2.10. The van der Waals surface area contributed by atoms with Crippen molar-refractivity contribution in [2.75, 3.05) is 17.7 Å². The van der Waals surface area contributed by atoms with E-state index in [0.29, 0.717) is 19.0 Å². The molecular formula is C12H15N3OS. The van der Waals surface area contributed by atoms with Crippen LogP contribution >= 0.6 is 11.3 Å². The van der Waals surface area contributed by atoms with Crippen molar-refractivity contribution in [3.63, 3.8) is 0 Å². The SMILES string of the molecule is CCOc1ncccc1NCc1sccc1N. The zero-order valence-electron chi connectivity index (χ0n) is 9.64. The number of nitrogens with two attached hydrogens (primary N) is 1. The third-order valence-corrected chi connectivity index (χ3v) is 3.21. The summed E-state index contributed by atoms with van der Waals surface area (Å²) < 4.78 is 5.44. The molecule has 0 aliphatic rings. The topological polar surface area (TPSA) is 60.2 Å². The number of hydrogen-bond donors (Lipinski definition) is 2. The highest BCUT2D eigenvalue weighted by Crippen LogP contribution is 2.24. The molecule has 90 valence electrons. The second-order valence-electron chi connectivity index (χ2n) is 3.44. The van der Waals surface area contributed by atoms with Gasteiger partial charge in [0.05, 0.1) is 18.8 Å². The molecule has 0 radical (unpaired) electrons. The van der Waals surface area contributed by atoms with Gasteiger partial charge < -0.3 is 15.8 Å². The van der Waals surface area contributed by atoms with Gasteiger partial charge in [-0.25, -0.2) is 4.98 Å². The third-order valence-electron chi connectivity index (χ3n) is 2.27. The van der Waals surface area contributed by atoms with Gasteiger partial charge in [-0.1, -0.05) is 0 Å². The molecule has 0 spiro atoms. The molecule has 0 saturated heterocycles. The molecule has 3 N–H and O–H groups in total. The molecule has 0 bridgehead atoms. The van der Waals surface area contributed by atoms with Crippen molar-refractivity contribution in [3.8, 4) is 5.88 Å². The average Bonchev–Trinajstić information content (AvgIpc) is 2.74. The number of anilines is 2. The van der Waals surface area contributed by atoms with E-state index >= 15 is 0 Å². The number of nitrogens with zero attached hydrogens (tertiary/aromatic N) is 1. The Labute approximate surface area is 104 Å². The smallest absolute Gasteiger partial charge is 0.237 e. The second kappa shape index (κ2) is 5.54. The second-order valence-corrected chi connectivity index (χ2v) is 4.44. The molecule has 0 atom stereocenters. The summed E-state index contributed by atoms with van der Waals surface area (Å²) in [6.07, 6.45) is 1.72. The number of hydrogen-bond acceptors (Lipinski definition) is 5. The Balaban J connectivity index is 2.06. The van der Waals surface area contributed by atoms with Crippen LogP contribution in [0.3, 0.4) is 0 Å². The molecule has 0 fully saturated rings. The Morgan fingerprint density at radius 2 is 2.35 bits per heavy atom. The molecule has 0 aliphatic heterocycles. The molecule has 2 aromatic heterocycles. The summed E-state index contributed by atoms with van der Waals surface area (Å²) in [5.74, 6) is 0.630. The summed E-state index contributed by atoms with van der Waals surface area (Å²) in [4.78, 5) is 5.30. The zero-order valence-corrected chi connectivity index (χ0v) is 10.5. The van der Waals surface area contributed by atoms with Crippen molar-refractivity contribution in [1.29, 1.82) is 0 Å². The Morgan fingerprint density at radius 1 is 1.47 bits per heavy atom. The van der Waals surface area contributed by atoms with E-state index < -0.39 is 0 Å². The van der Waals surface area contributed by atoms with Crippen LogP contribution in [-0.2, 0) is 6.54 Å². The molecule has 0 unspecified atom stereocenters. The minimum Gasteiger partial charge on any atom is -0.476 e. The quantitative estimate of drug-likeness (QED) is 0.855. The highest BCUT2D eigenvalue weighted by Gasteiger charge is 2.05. The molecule has 4 nitrogen and oxygen atoms in total. The van der Waals surface area contributed by atoms with E-state index in [2.05, 4.69) is 10.3 Å². The first-order valence-corrected chi connectivity index (χ1v) is 6.32. The highest BCUT2D eigenvalue weighted by molar-refractivity contribution is 7.10. The van der Waals surface area contributed by atoms with E-state index in [-0.39, 0.29) is 0 Å². The summed E-state index contributed by atoms with van der Waals surface area (Å²) in [6.45, 7) is 3.23. The van der Waals surface area contributed by atoms with Gasteiger partial charge in [-0.05, 0) is 30.5 Å². The van der Waals surface area contributed by atoms with E-state index in [1.165, 1.54) is 0 Å². The van der Waals surface area contributed by atoms with Gasteiger partial charge >= 0.3 is 0 Å². The normalized spacial score (nSPS) is 10.2. The number of thiophene rings is 1. The van der Waals surface area contributed by atoms with Gasteiger partial charge in [-0.3, -0.25) is 0 Å². The minimum absolute atomic E-state index is 0.604. The van der Waals surface area contributed by atoms with Crippen molar-refractivity contribution in [1.82, 2.24) is 4.98 Å². The lowest BCUT2D eigenvalue weighted by molar-refractivity contribution is 0.328. The first kappa shape index (κ1) is 11.7. The Morgan fingerprint density at radius 3 is 3.06 bits per heavy atom. The molecule has 2 aromatic rings. The van der Waals surface area contributed by atoms with Gasteiger partial charge in [0.15, 0.2) is 0 Å². The van der Waals surface area contributed by atoms with Gasteiger partial charge in [0.1, 0.15) is 0 Å². The van der Waals surface area contributed by atoms with Crippen molar-refractivity contribution in [2.24, 2.45) is 0 Å². The van der Waals surface area contributed by atoms with E-state index in [4.69, 9.17) is 10.5 Å². The summed E-state index contributed by atoms with van der Waals surface area (Å²) in [5, 5.41) is 5.27. The number of nitrogens with one attached hydrogen (secondary N) is 1. The van der Waals surface area contributed by atoms with Crippen LogP contribution in [0.4, 0.5) is 11.4 Å². The molecule has 0 aliphatic carbocycles. The van der Waals surface area contributed by atoms with Gasteiger partial charge in [-0.2, -0.15) is 0 Å². The summed E-state index contributed by atoms with van der Waals surface area (Å²) in [5.41, 5.74) is 7.54. The predicted molar refractivity (Wildman–Crippen MR) is 71.5 cm³/mol. The number of aromatic nitrogens is 1. The Bertz CT molecular complexity index is 484. The number of nitrogen functional groups attached to an aromatic ring is 1. The average molecular weight is 249 g/mol. The minimum atomic E-state index is 0.604. The van der Waals surface area contributed by atoms with Crippen LogP contribution in [-0.4, -0.2) is 11.6 Å². The van der Waals surface area contributed by atoms with Gasteiger partial charge in [0.2, 0.25) is 5.88 Å². The molecular weight excluding hydrogens is 234 g/mol. The molecule has 5 heteroatoms. The van der Waals surface area contributed by atoms with Crippen molar-refractivity contribution in [2.45, 2.75) is 13.5 Å². The fraction of sp³-hybridized carbons (Fsp3) is 0.250. The molecule has 2 heterocycles. The van der Waals surface area contributed by atoms with Gasteiger partial charge in [0, 0.05) is 16.8 Å². The van der Waals surface area contributed by atoms with E-state index in [1.807, 2.05) is 30.5 Å². The maximum atomic E-state index is 5.82. The highest BCUT2D eigenvalue weighted by atomic mass is 32.1. The summed E-state index contributed by atoms with van der Waals surface area (Å²) in [7, 11) is 0. The van der Waals surface area contributed by atoms with Crippen molar-refractivity contribution < 1.29 is 4.74 Å². The van der Waals surface area contributed by atoms with E-state index in [1.54, 1.807) is 17.5 Å². The van der Waals surface area contributed by atoms with E-state index in [9.17, 15) is 0 Å². The molecule has 0 amide bonds. The van der Waals surface area contributed by atoms with Gasteiger partial charge in [0.25, 0.3) is 0 Å². The lowest BCUT2D eigenvalue weighted by Crippen LogP contribution is -2.04. The van der Waals surface area contributed by atoms with E-state index in [0.717, 1.165) is 16.3 Å². The molecule has 17 heavy (non-hydrogen) atoms. The Kier molecular flexibility index (Phi) is 3.82. The fourth-order valence-corrected chi connectivity index (χ4v) is 2.19. The van der Waals surface area contributed by atoms with Crippen LogP contribution in [0, 0.1) is 0 Å². The van der Waals surface area contributed by atoms with Crippen LogP contribution in [0.15, 0.2) is 29.8 Å². The fourth-order valence-electron chi connectivity index (χ4n) is 1.45. The monoisotopic (exact) mass is 249 g/mol. The number of rotatable bonds is 5. The number of pyridine rings is 1. The zero-order chi connectivity index (χ0) is 12.1. The van der Waals surface area contributed by atoms with Crippen LogP contribution < -0.4 is 15.8 Å². The Hall–Kier alpha value is -1.75. The number of ether oxygens (including phenoxy) is 1. The maximum absolute atomic E-state index is 5.82. The summed E-state index contributed by atoms with van der Waals surface area (Å²) >= 11 is 1.64. The van der Waals surface area contributed by atoms with Crippen LogP contribution in [0.1, 0.15) is 11.8 Å². The first-order valence-electron chi connectivity index (χ1n) is 5.44. The standard InChI is InChI=1S/C12H15N3OS/c1-2-16-12-10(4-3-6-14-12)15-8-11-9(13)5-7-17-11/h3-7,15H,2,8,13H2,1H3. The molecule has 2 rings (SSSR count). The lowest BCUT2D eigenvalue weighted by atomic mass is 10.3. The largest absolute Gasteiger partial charge is 0.476 e. The third kappa shape index (κ3) is 2.88. The van der Waals surface area contributed by atoms with Crippen LogP contribution in [0.5, 0.6) is 5.88 Å². The van der Waals surface area contributed by atoms with Crippen LogP contribution in [0.2, 0.25) is 0 Å².